The van der Waals surface area contributed by atoms with Crippen LogP contribution in [0.15, 0.2) is 34.7 Å². The molecule has 1 aromatic carbocycles. The first kappa shape index (κ1) is 18.1. The average Bonchev–Trinajstić information content (AvgIpc) is 3.05. The van der Waals surface area contributed by atoms with Gasteiger partial charge in [-0.3, -0.25) is 9.59 Å². The number of rotatable bonds is 5. The van der Waals surface area contributed by atoms with Crippen LogP contribution in [0.2, 0.25) is 0 Å². The number of hydrogen-bond acceptors (Lipinski definition) is 6. The fraction of sp³-hybridized carbons (Fsp3) is 0.444. The van der Waals surface area contributed by atoms with Crippen LogP contribution in [0.3, 0.4) is 0 Å². The van der Waals surface area contributed by atoms with Crippen LogP contribution in [0, 0.1) is 6.92 Å². The third kappa shape index (κ3) is 3.75. The number of nitrogens with one attached hydrogen (secondary N) is 1. The van der Waals surface area contributed by atoms with Crippen molar-refractivity contribution >= 4 is 11.8 Å². The van der Waals surface area contributed by atoms with Gasteiger partial charge in [-0.05, 0) is 19.4 Å². The van der Waals surface area contributed by atoms with Crippen LogP contribution in [-0.2, 0) is 20.9 Å². The second kappa shape index (κ2) is 7.65. The van der Waals surface area contributed by atoms with Gasteiger partial charge in [-0.25, -0.2) is 0 Å². The topological polar surface area (TPSA) is 97.6 Å². The summed E-state index contributed by atoms with van der Waals surface area (Å²) in [6.07, 6.45) is -0.818. The monoisotopic (exact) mass is 358 g/mol. The molecule has 0 bridgehead atoms. The Hall–Kier alpha value is -2.74. The van der Waals surface area contributed by atoms with Gasteiger partial charge in [-0.2, -0.15) is 0 Å². The lowest BCUT2D eigenvalue weighted by atomic mass is 9.96. The van der Waals surface area contributed by atoms with Crippen LogP contribution in [-0.4, -0.2) is 45.7 Å². The number of amides is 2. The predicted molar refractivity (Wildman–Crippen MR) is 91.8 cm³/mol. The van der Waals surface area contributed by atoms with E-state index in [4.69, 9.17) is 9.15 Å². The van der Waals surface area contributed by atoms with E-state index in [1.807, 2.05) is 44.2 Å². The summed E-state index contributed by atoms with van der Waals surface area (Å²) < 4.78 is 10.9. The fourth-order valence-corrected chi connectivity index (χ4v) is 3.11. The average molecular weight is 358 g/mol. The Morgan fingerprint density at radius 1 is 1.31 bits per heavy atom. The van der Waals surface area contributed by atoms with Gasteiger partial charge in [-0.15, -0.1) is 10.2 Å². The Morgan fingerprint density at radius 3 is 2.65 bits per heavy atom. The van der Waals surface area contributed by atoms with Gasteiger partial charge in [0.2, 0.25) is 17.7 Å². The number of nitrogens with zero attached hydrogens (tertiary/aromatic N) is 3. The molecule has 138 valence electrons. The molecule has 0 saturated carbocycles. The Kier molecular flexibility index (Phi) is 5.32. The molecule has 0 aliphatic carbocycles. The lowest BCUT2D eigenvalue weighted by Crippen LogP contribution is -2.56. The number of morpholine rings is 1. The minimum Gasteiger partial charge on any atom is -0.424 e. The van der Waals surface area contributed by atoms with E-state index >= 15 is 0 Å². The van der Waals surface area contributed by atoms with Crippen LogP contribution in [0.5, 0.6) is 0 Å². The molecule has 26 heavy (non-hydrogen) atoms. The maximum absolute atomic E-state index is 12.8. The highest BCUT2D eigenvalue weighted by atomic mass is 16.5. The van der Waals surface area contributed by atoms with Crippen molar-refractivity contribution in [2.45, 2.75) is 45.5 Å². The van der Waals surface area contributed by atoms with E-state index in [9.17, 15) is 9.59 Å². The summed E-state index contributed by atoms with van der Waals surface area (Å²) in [5, 5.41) is 10.3. The van der Waals surface area contributed by atoms with Crippen LogP contribution >= 0.6 is 0 Å². The molecule has 8 heteroatoms. The quantitative estimate of drug-likeness (QED) is 0.867. The number of carbonyl (C=O) groups excluding carboxylic acids is 2. The molecular weight excluding hydrogens is 336 g/mol. The zero-order valence-electron chi connectivity index (χ0n) is 15.0. The van der Waals surface area contributed by atoms with Gasteiger partial charge in [0.1, 0.15) is 6.61 Å². The van der Waals surface area contributed by atoms with Crippen molar-refractivity contribution in [3.8, 4) is 0 Å². The first-order valence-corrected chi connectivity index (χ1v) is 8.51. The van der Waals surface area contributed by atoms with Crippen LogP contribution in [0.4, 0.5) is 0 Å². The maximum Gasteiger partial charge on any atom is 0.252 e. The number of hydrogen-bond donors (Lipinski definition) is 1. The summed E-state index contributed by atoms with van der Waals surface area (Å²) in [7, 11) is 0. The Morgan fingerprint density at radius 2 is 2.04 bits per heavy atom. The normalized spacial score (nSPS) is 20.5. The first-order valence-electron chi connectivity index (χ1n) is 8.51. The second-order valence-electron chi connectivity index (χ2n) is 6.41. The van der Waals surface area contributed by atoms with Crippen LogP contribution in [0.1, 0.15) is 37.2 Å². The van der Waals surface area contributed by atoms with E-state index < -0.39 is 12.1 Å². The number of carbonyl (C=O) groups is 2. The van der Waals surface area contributed by atoms with Gasteiger partial charge < -0.3 is 19.4 Å². The molecule has 3 rings (SSSR count). The lowest BCUT2D eigenvalue weighted by molar-refractivity contribution is -0.167. The summed E-state index contributed by atoms with van der Waals surface area (Å²) in [6, 6.07) is 8.87. The molecule has 0 unspecified atom stereocenters. The maximum atomic E-state index is 12.8. The van der Waals surface area contributed by atoms with Crippen molar-refractivity contribution in [3.63, 3.8) is 0 Å². The van der Waals surface area contributed by atoms with E-state index in [1.54, 1.807) is 11.8 Å². The SMILES string of the molecule is Cc1nnc(CNC(=O)[C@H]2OCC(=O)N(C(C)C)[C@@H]2c2ccccc2)o1. The van der Waals surface area contributed by atoms with E-state index in [2.05, 4.69) is 15.5 Å². The second-order valence-corrected chi connectivity index (χ2v) is 6.41. The molecule has 2 amide bonds. The first-order chi connectivity index (χ1) is 12.5. The van der Waals surface area contributed by atoms with Gasteiger partial charge in [0.05, 0.1) is 12.6 Å². The molecular formula is C18H22N4O4. The molecule has 1 N–H and O–H groups in total. The highest BCUT2D eigenvalue weighted by Gasteiger charge is 2.42. The molecule has 8 nitrogen and oxygen atoms in total. The zero-order valence-corrected chi connectivity index (χ0v) is 15.0. The summed E-state index contributed by atoms with van der Waals surface area (Å²) in [5.74, 6) is 0.292. The largest absolute Gasteiger partial charge is 0.424 e. The van der Waals surface area contributed by atoms with E-state index in [0.717, 1.165) is 5.56 Å². The third-order valence-electron chi connectivity index (χ3n) is 4.20. The number of ether oxygens (including phenoxy) is 1. The third-order valence-corrected chi connectivity index (χ3v) is 4.20. The van der Waals surface area contributed by atoms with Crippen molar-refractivity contribution in [2.75, 3.05) is 6.61 Å². The van der Waals surface area contributed by atoms with Gasteiger partial charge >= 0.3 is 0 Å². The Bertz CT molecular complexity index is 775. The van der Waals surface area contributed by atoms with Gasteiger partial charge in [0, 0.05) is 13.0 Å². The molecule has 2 atom stereocenters. The standard InChI is InChI=1S/C18H22N4O4/c1-11(2)22-15(23)10-25-17(16(22)13-7-5-4-6-8-13)18(24)19-9-14-21-20-12(3)26-14/h4-8,11,16-17H,9-10H2,1-3H3,(H,19,24)/t16-,17+/m1/s1. The number of aryl methyl sites for hydroxylation is 1. The van der Waals surface area contributed by atoms with E-state index in [-0.39, 0.29) is 31.0 Å². The van der Waals surface area contributed by atoms with E-state index in [0.29, 0.717) is 11.8 Å². The van der Waals surface area contributed by atoms with Crippen molar-refractivity contribution < 1.29 is 18.7 Å². The summed E-state index contributed by atoms with van der Waals surface area (Å²) >= 11 is 0. The molecule has 1 aliphatic heterocycles. The molecule has 1 aromatic heterocycles. The Labute approximate surface area is 151 Å². The van der Waals surface area contributed by atoms with Crippen molar-refractivity contribution in [1.29, 1.82) is 0 Å². The van der Waals surface area contributed by atoms with Crippen LogP contribution in [0.25, 0.3) is 0 Å². The van der Waals surface area contributed by atoms with Crippen LogP contribution < -0.4 is 5.32 Å². The fourth-order valence-electron chi connectivity index (χ4n) is 3.11. The molecule has 1 fully saturated rings. The number of aromatic nitrogens is 2. The summed E-state index contributed by atoms with van der Waals surface area (Å²) in [4.78, 5) is 26.9. The molecule has 2 heterocycles. The minimum absolute atomic E-state index is 0.0644. The Balaban J connectivity index is 1.82. The van der Waals surface area contributed by atoms with Gasteiger partial charge in [0.15, 0.2) is 6.10 Å². The molecule has 0 spiro atoms. The van der Waals surface area contributed by atoms with Crippen molar-refractivity contribution in [1.82, 2.24) is 20.4 Å². The molecule has 1 aliphatic rings. The lowest BCUT2D eigenvalue weighted by Gasteiger charge is -2.42. The molecule has 2 aromatic rings. The minimum atomic E-state index is -0.818. The van der Waals surface area contributed by atoms with Crippen molar-refractivity contribution in [3.05, 3.63) is 47.7 Å². The van der Waals surface area contributed by atoms with Gasteiger partial charge in [0.25, 0.3) is 5.91 Å². The van der Waals surface area contributed by atoms with Gasteiger partial charge in [-0.1, -0.05) is 30.3 Å². The predicted octanol–water partition coefficient (Wildman–Crippen LogP) is 1.37. The summed E-state index contributed by atoms with van der Waals surface area (Å²) in [5.41, 5.74) is 0.850. The van der Waals surface area contributed by atoms with E-state index in [1.165, 1.54) is 0 Å². The summed E-state index contributed by atoms with van der Waals surface area (Å²) in [6.45, 7) is 5.51. The highest BCUT2D eigenvalue weighted by molar-refractivity contribution is 5.86. The number of benzene rings is 1. The molecule has 0 radical (unpaired) electrons. The smallest absolute Gasteiger partial charge is 0.252 e. The zero-order chi connectivity index (χ0) is 18.7. The molecule has 1 saturated heterocycles. The van der Waals surface area contributed by atoms with Crippen molar-refractivity contribution in [2.24, 2.45) is 0 Å². The highest BCUT2D eigenvalue weighted by Crippen LogP contribution is 2.32.